The highest BCUT2D eigenvalue weighted by Gasteiger charge is 2.05. The van der Waals surface area contributed by atoms with Gasteiger partial charge in [-0.2, -0.15) is 0 Å². The SMILES string of the molecule is CC(N)Cc1ccc(-n2nnc3ccccc32)cc1. The summed E-state index contributed by atoms with van der Waals surface area (Å²) in [6, 6.07) is 16.4. The first-order chi connectivity index (χ1) is 9.24. The van der Waals surface area contributed by atoms with Gasteiger partial charge in [0.2, 0.25) is 0 Å². The first kappa shape index (κ1) is 11.9. The average molecular weight is 252 g/mol. The Balaban J connectivity index is 1.98. The zero-order chi connectivity index (χ0) is 13.2. The maximum Gasteiger partial charge on any atom is 0.113 e. The lowest BCUT2D eigenvalue weighted by atomic mass is 10.1. The van der Waals surface area contributed by atoms with Gasteiger partial charge >= 0.3 is 0 Å². The summed E-state index contributed by atoms with van der Waals surface area (Å²) in [6.45, 7) is 2.01. The van der Waals surface area contributed by atoms with Crippen molar-refractivity contribution in [3.63, 3.8) is 0 Å². The summed E-state index contributed by atoms with van der Waals surface area (Å²) in [4.78, 5) is 0. The van der Waals surface area contributed by atoms with Crippen LogP contribution in [0.5, 0.6) is 0 Å². The van der Waals surface area contributed by atoms with E-state index in [1.807, 2.05) is 35.9 Å². The standard InChI is InChI=1S/C15H16N4/c1-11(16)10-12-6-8-13(9-7-12)19-15-5-3-2-4-14(15)17-18-19/h2-9,11H,10,16H2,1H3. The largest absolute Gasteiger partial charge is 0.328 e. The highest BCUT2D eigenvalue weighted by atomic mass is 15.4. The van der Waals surface area contributed by atoms with Crippen LogP contribution in [0.2, 0.25) is 0 Å². The number of nitrogens with two attached hydrogens (primary N) is 1. The molecule has 0 aliphatic rings. The smallest absolute Gasteiger partial charge is 0.113 e. The molecule has 2 aromatic carbocycles. The van der Waals surface area contributed by atoms with Gasteiger partial charge in [-0.1, -0.05) is 29.5 Å². The van der Waals surface area contributed by atoms with Crippen LogP contribution in [0.25, 0.3) is 16.7 Å². The second-order valence-corrected chi connectivity index (χ2v) is 4.84. The van der Waals surface area contributed by atoms with E-state index in [0.717, 1.165) is 23.1 Å². The number of para-hydroxylation sites is 1. The summed E-state index contributed by atoms with van der Waals surface area (Å²) in [5.74, 6) is 0. The molecule has 3 aromatic rings. The second-order valence-electron chi connectivity index (χ2n) is 4.84. The van der Waals surface area contributed by atoms with E-state index < -0.39 is 0 Å². The molecule has 0 saturated heterocycles. The lowest BCUT2D eigenvalue weighted by molar-refractivity contribution is 0.737. The zero-order valence-corrected chi connectivity index (χ0v) is 10.8. The van der Waals surface area contributed by atoms with Crippen LogP contribution in [-0.4, -0.2) is 21.0 Å². The normalized spacial score (nSPS) is 12.7. The van der Waals surface area contributed by atoms with E-state index in [0.29, 0.717) is 0 Å². The fraction of sp³-hybridized carbons (Fsp3) is 0.200. The molecule has 0 radical (unpaired) electrons. The van der Waals surface area contributed by atoms with Crippen molar-refractivity contribution in [2.45, 2.75) is 19.4 Å². The van der Waals surface area contributed by atoms with Crippen molar-refractivity contribution >= 4 is 11.0 Å². The van der Waals surface area contributed by atoms with Gasteiger partial charge in [-0.3, -0.25) is 0 Å². The Bertz CT molecular complexity index is 683. The van der Waals surface area contributed by atoms with Gasteiger partial charge in [0.25, 0.3) is 0 Å². The maximum atomic E-state index is 5.80. The van der Waals surface area contributed by atoms with Gasteiger partial charge in [-0.15, -0.1) is 5.10 Å². The number of nitrogens with zero attached hydrogens (tertiary/aromatic N) is 3. The summed E-state index contributed by atoms with van der Waals surface area (Å²) in [5.41, 5.74) is 9.98. The predicted octanol–water partition coefficient (Wildman–Crippen LogP) is 2.31. The number of fused-ring (bicyclic) bond motifs is 1. The van der Waals surface area contributed by atoms with Gasteiger partial charge in [-0.25, -0.2) is 4.68 Å². The molecule has 0 saturated carbocycles. The van der Waals surface area contributed by atoms with Crippen molar-refractivity contribution in [1.29, 1.82) is 0 Å². The molecule has 2 N–H and O–H groups in total. The fourth-order valence-electron chi connectivity index (χ4n) is 2.20. The minimum Gasteiger partial charge on any atom is -0.328 e. The molecule has 0 amide bonds. The van der Waals surface area contributed by atoms with Gasteiger partial charge in [0.1, 0.15) is 5.52 Å². The molecule has 19 heavy (non-hydrogen) atoms. The third-order valence-corrected chi connectivity index (χ3v) is 3.09. The third kappa shape index (κ3) is 2.35. The summed E-state index contributed by atoms with van der Waals surface area (Å²) in [6.07, 6.45) is 0.887. The van der Waals surface area contributed by atoms with Gasteiger partial charge in [0.05, 0.1) is 11.2 Å². The molecule has 0 aliphatic heterocycles. The molecule has 96 valence electrons. The topological polar surface area (TPSA) is 56.7 Å². The van der Waals surface area contributed by atoms with Gasteiger partial charge in [0.15, 0.2) is 0 Å². The van der Waals surface area contributed by atoms with Crippen LogP contribution in [0.15, 0.2) is 48.5 Å². The lowest BCUT2D eigenvalue weighted by Crippen LogP contribution is -2.17. The highest BCUT2D eigenvalue weighted by Crippen LogP contribution is 2.16. The van der Waals surface area contributed by atoms with E-state index in [2.05, 4.69) is 34.6 Å². The maximum absolute atomic E-state index is 5.80. The van der Waals surface area contributed by atoms with Gasteiger partial charge in [0, 0.05) is 6.04 Å². The van der Waals surface area contributed by atoms with Gasteiger partial charge < -0.3 is 5.73 Å². The molecular weight excluding hydrogens is 236 g/mol. The first-order valence-corrected chi connectivity index (χ1v) is 6.39. The van der Waals surface area contributed by atoms with Crippen LogP contribution in [0, 0.1) is 0 Å². The molecule has 4 nitrogen and oxygen atoms in total. The van der Waals surface area contributed by atoms with Crippen molar-refractivity contribution in [2.24, 2.45) is 5.73 Å². The van der Waals surface area contributed by atoms with E-state index in [-0.39, 0.29) is 6.04 Å². The van der Waals surface area contributed by atoms with Crippen molar-refractivity contribution in [3.8, 4) is 5.69 Å². The minimum atomic E-state index is 0.179. The van der Waals surface area contributed by atoms with E-state index in [9.17, 15) is 0 Å². The summed E-state index contributed by atoms with van der Waals surface area (Å²) in [7, 11) is 0. The summed E-state index contributed by atoms with van der Waals surface area (Å²) in [5, 5.41) is 8.36. The lowest BCUT2D eigenvalue weighted by Gasteiger charge is -2.07. The Morgan fingerprint density at radius 1 is 1.11 bits per heavy atom. The van der Waals surface area contributed by atoms with Gasteiger partial charge in [-0.05, 0) is 43.2 Å². The number of rotatable bonds is 3. The minimum absolute atomic E-state index is 0.179. The number of hydrogen-bond donors (Lipinski definition) is 1. The fourth-order valence-corrected chi connectivity index (χ4v) is 2.20. The molecular formula is C15H16N4. The molecule has 0 spiro atoms. The number of aromatic nitrogens is 3. The quantitative estimate of drug-likeness (QED) is 0.778. The number of benzene rings is 2. The van der Waals surface area contributed by atoms with Crippen LogP contribution in [-0.2, 0) is 6.42 Å². The van der Waals surface area contributed by atoms with Crippen LogP contribution in [0.4, 0.5) is 0 Å². The van der Waals surface area contributed by atoms with Crippen LogP contribution in [0.1, 0.15) is 12.5 Å². The van der Waals surface area contributed by atoms with Crippen molar-refractivity contribution < 1.29 is 0 Å². The Hall–Kier alpha value is -2.20. The van der Waals surface area contributed by atoms with Crippen LogP contribution < -0.4 is 5.73 Å². The summed E-state index contributed by atoms with van der Waals surface area (Å²) >= 11 is 0. The Morgan fingerprint density at radius 3 is 2.58 bits per heavy atom. The van der Waals surface area contributed by atoms with Crippen molar-refractivity contribution in [2.75, 3.05) is 0 Å². The Morgan fingerprint density at radius 2 is 1.84 bits per heavy atom. The Labute approximate surface area is 111 Å². The van der Waals surface area contributed by atoms with Crippen LogP contribution >= 0.6 is 0 Å². The highest BCUT2D eigenvalue weighted by molar-refractivity contribution is 5.75. The molecule has 0 bridgehead atoms. The second kappa shape index (κ2) is 4.82. The number of hydrogen-bond acceptors (Lipinski definition) is 3. The average Bonchev–Trinajstić information content (AvgIpc) is 2.83. The monoisotopic (exact) mass is 252 g/mol. The van der Waals surface area contributed by atoms with E-state index in [1.54, 1.807) is 0 Å². The van der Waals surface area contributed by atoms with E-state index >= 15 is 0 Å². The Kier molecular flexibility index (Phi) is 3.01. The molecule has 4 heteroatoms. The summed E-state index contributed by atoms with van der Waals surface area (Å²) < 4.78 is 1.85. The molecule has 1 unspecified atom stereocenters. The molecule has 0 aliphatic carbocycles. The molecule has 3 rings (SSSR count). The molecule has 0 fully saturated rings. The first-order valence-electron chi connectivity index (χ1n) is 6.39. The molecule has 1 atom stereocenters. The van der Waals surface area contributed by atoms with Crippen molar-refractivity contribution in [3.05, 3.63) is 54.1 Å². The van der Waals surface area contributed by atoms with Crippen molar-refractivity contribution in [1.82, 2.24) is 15.0 Å². The molecule has 1 aromatic heterocycles. The third-order valence-electron chi connectivity index (χ3n) is 3.09. The van der Waals surface area contributed by atoms with E-state index in [1.165, 1.54) is 5.56 Å². The van der Waals surface area contributed by atoms with Crippen LogP contribution in [0.3, 0.4) is 0 Å². The zero-order valence-electron chi connectivity index (χ0n) is 10.8. The van der Waals surface area contributed by atoms with E-state index in [4.69, 9.17) is 5.73 Å². The molecule has 1 heterocycles. The predicted molar refractivity (Wildman–Crippen MR) is 76.2 cm³/mol.